The average Bonchev–Trinajstić information content (AvgIpc) is 2.41. The molecule has 2 N–H and O–H groups in total. The maximum atomic E-state index is 13.0. The van der Waals surface area contributed by atoms with Crippen molar-refractivity contribution in [2.45, 2.75) is 38.2 Å². The van der Waals surface area contributed by atoms with Crippen molar-refractivity contribution >= 4 is 11.9 Å². The van der Waals surface area contributed by atoms with Gasteiger partial charge >= 0.3 is 5.97 Å². The number of alkyl halides is 2. The topological polar surface area (TPSA) is 66.4 Å². The van der Waals surface area contributed by atoms with E-state index < -0.39 is 42.4 Å². The van der Waals surface area contributed by atoms with Crippen molar-refractivity contribution in [3.63, 3.8) is 0 Å². The number of rotatable bonds is 8. The Bertz CT molecular complexity index is 537. The van der Waals surface area contributed by atoms with Crippen molar-refractivity contribution in [3.05, 3.63) is 35.4 Å². The number of aliphatic carboxylic acids is 1. The van der Waals surface area contributed by atoms with Crippen LogP contribution in [0.4, 0.5) is 17.6 Å². The highest BCUT2D eigenvalue weighted by atomic mass is 19.3. The van der Waals surface area contributed by atoms with Gasteiger partial charge in [-0.3, -0.25) is 4.79 Å². The van der Waals surface area contributed by atoms with Gasteiger partial charge in [0.05, 0.1) is 0 Å². The van der Waals surface area contributed by atoms with Crippen molar-refractivity contribution in [3.8, 4) is 0 Å². The van der Waals surface area contributed by atoms with E-state index in [1.54, 1.807) is 0 Å². The van der Waals surface area contributed by atoms with E-state index in [-0.39, 0.29) is 19.3 Å². The molecule has 0 heterocycles. The normalized spacial score (nSPS) is 12.2. The first-order valence-corrected chi connectivity index (χ1v) is 6.54. The first-order valence-electron chi connectivity index (χ1n) is 6.54. The molecule has 0 bridgehead atoms. The number of carboxylic acids is 1. The van der Waals surface area contributed by atoms with E-state index in [4.69, 9.17) is 5.11 Å². The molecule has 0 radical (unpaired) electrons. The number of hydrogen-bond acceptors (Lipinski definition) is 2. The van der Waals surface area contributed by atoms with Crippen molar-refractivity contribution in [1.29, 1.82) is 0 Å². The Labute approximate surface area is 124 Å². The Morgan fingerprint density at radius 2 is 1.86 bits per heavy atom. The maximum Gasteiger partial charge on any atom is 0.326 e. The van der Waals surface area contributed by atoms with Crippen LogP contribution in [-0.2, 0) is 16.0 Å². The molecule has 1 unspecified atom stereocenters. The minimum Gasteiger partial charge on any atom is -0.480 e. The highest BCUT2D eigenvalue weighted by molar-refractivity contribution is 5.83. The lowest BCUT2D eigenvalue weighted by Gasteiger charge is -2.13. The molecule has 1 amide bonds. The van der Waals surface area contributed by atoms with Crippen LogP contribution in [0.2, 0.25) is 0 Å². The van der Waals surface area contributed by atoms with Crippen LogP contribution in [0.5, 0.6) is 0 Å². The van der Waals surface area contributed by atoms with Gasteiger partial charge in [0.2, 0.25) is 12.3 Å². The highest BCUT2D eigenvalue weighted by Gasteiger charge is 2.23. The molecule has 122 valence electrons. The van der Waals surface area contributed by atoms with Crippen LogP contribution in [0.25, 0.3) is 0 Å². The lowest BCUT2D eigenvalue weighted by Crippen LogP contribution is -2.41. The summed E-state index contributed by atoms with van der Waals surface area (Å²) in [5.74, 6) is -4.19. The van der Waals surface area contributed by atoms with Gasteiger partial charge in [0, 0.05) is 12.8 Å². The molecule has 22 heavy (non-hydrogen) atoms. The fourth-order valence-electron chi connectivity index (χ4n) is 1.81. The predicted molar refractivity (Wildman–Crippen MR) is 69.5 cm³/mol. The SMILES string of the molecule is O=C(CCCc1ccc(F)c(F)c1)NC(CC(F)F)C(=O)O. The number of halogens is 4. The van der Waals surface area contributed by atoms with E-state index in [1.807, 2.05) is 5.32 Å². The number of carbonyl (C=O) groups excluding carboxylic acids is 1. The summed E-state index contributed by atoms with van der Waals surface area (Å²) < 4.78 is 50.0. The Morgan fingerprint density at radius 3 is 2.41 bits per heavy atom. The van der Waals surface area contributed by atoms with Crippen molar-refractivity contribution < 1.29 is 32.3 Å². The molecule has 4 nitrogen and oxygen atoms in total. The minimum atomic E-state index is -2.84. The molecule has 1 atom stereocenters. The fraction of sp³-hybridized carbons (Fsp3) is 0.429. The summed E-state index contributed by atoms with van der Waals surface area (Å²) in [6, 6.07) is 1.70. The average molecular weight is 321 g/mol. The Hall–Kier alpha value is -2.12. The van der Waals surface area contributed by atoms with Gasteiger partial charge in [-0.1, -0.05) is 6.07 Å². The quantitative estimate of drug-likeness (QED) is 0.723. The van der Waals surface area contributed by atoms with Crippen LogP contribution < -0.4 is 5.32 Å². The molecule has 0 aliphatic carbocycles. The first-order chi connectivity index (χ1) is 10.3. The third-order valence-electron chi connectivity index (χ3n) is 2.90. The van der Waals surface area contributed by atoms with Crippen molar-refractivity contribution in [2.24, 2.45) is 0 Å². The molecule has 0 fully saturated rings. The lowest BCUT2D eigenvalue weighted by atomic mass is 10.1. The number of benzene rings is 1. The summed E-state index contributed by atoms with van der Waals surface area (Å²) in [5.41, 5.74) is 0.481. The zero-order valence-electron chi connectivity index (χ0n) is 11.5. The van der Waals surface area contributed by atoms with Gasteiger partial charge < -0.3 is 10.4 Å². The van der Waals surface area contributed by atoms with Crippen LogP contribution in [0.3, 0.4) is 0 Å². The van der Waals surface area contributed by atoms with Gasteiger partial charge in [-0.05, 0) is 30.5 Å². The first kappa shape index (κ1) is 17.9. The highest BCUT2D eigenvalue weighted by Crippen LogP contribution is 2.11. The van der Waals surface area contributed by atoms with Gasteiger partial charge in [-0.15, -0.1) is 0 Å². The summed E-state index contributed by atoms with van der Waals surface area (Å²) in [6.07, 6.45) is -3.39. The standard InChI is InChI=1S/C14H15F4NO3/c15-9-5-4-8(6-10(9)16)2-1-3-13(20)19-11(14(21)22)7-12(17)18/h4-6,11-12H,1-3,7H2,(H,19,20)(H,21,22). The third kappa shape index (κ3) is 6.11. The number of carbonyl (C=O) groups is 2. The molecule has 0 spiro atoms. The van der Waals surface area contributed by atoms with E-state index in [0.29, 0.717) is 5.56 Å². The minimum absolute atomic E-state index is 0.105. The molecule has 0 saturated heterocycles. The van der Waals surface area contributed by atoms with Crippen molar-refractivity contribution in [1.82, 2.24) is 5.32 Å². The summed E-state index contributed by atoms with van der Waals surface area (Å²) in [6.45, 7) is 0. The number of carboxylic acid groups (broad SMARTS) is 1. The summed E-state index contributed by atoms with van der Waals surface area (Å²) in [4.78, 5) is 22.2. The van der Waals surface area contributed by atoms with Crippen molar-refractivity contribution in [2.75, 3.05) is 0 Å². The summed E-state index contributed by atoms with van der Waals surface area (Å²) in [7, 11) is 0. The van der Waals surface area contributed by atoms with E-state index in [1.165, 1.54) is 6.07 Å². The van der Waals surface area contributed by atoms with Gasteiger partial charge in [0.1, 0.15) is 6.04 Å². The monoisotopic (exact) mass is 321 g/mol. The van der Waals surface area contributed by atoms with Gasteiger partial charge in [0.15, 0.2) is 11.6 Å². The Kier molecular flexibility index (Phi) is 6.81. The molecule has 1 rings (SSSR count). The fourth-order valence-corrected chi connectivity index (χ4v) is 1.81. The van der Waals surface area contributed by atoms with Gasteiger partial charge in [-0.2, -0.15) is 0 Å². The molecule has 0 saturated carbocycles. The summed E-state index contributed by atoms with van der Waals surface area (Å²) >= 11 is 0. The molecule has 0 aromatic heterocycles. The van der Waals surface area contributed by atoms with Crippen LogP contribution in [0, 0.1) is 11.6 Å². The molecular weight excluding hydrogens is 306 g/mol. The smallest absolute Gasteiger partial charge is 0.326 e. The largest absolute Gasteiger partial charge is 0.480 e. The van der Waals surface area contributed by atoms with E-state index in [2.05, 4.69) is 0 Å². The zero-order valence-corrected chi connectivity index (χ0v) is 11.5. The zero-order chi connectivity index (χ0) is 16.7. The number of aryl methyl sites for hydroxylation is 1. The molecule has 1 aromatic rings. The van der Waals surface area contributed by atoms with Crippen LogP contribution >= 0.6 is 0 Å². The third-order valence-corrected chi connectivity index (χ3v) is 2.90. The Morgan fingerprint density at radius 1 is 1.18 bits per heavy atom. The lowest BCUT2D eigenvalue weighted by molar-refractivity contribution is -0.143. The number of hydrogen-bond donors (Lipinski definition) is 2. The second-order valence-electron chi connectivity index (χ2n) is 4.69. The van der Waals surface area contributed by atoms with Crippen LogP contribution in [0.15, 0.2) is 18.2 Å². The van der Waals surface area contributed by atoms with E-state index in [9.17, 15) is 27.2 Å². The second kappa shape index (κ2) is 8.35. The molecule has 0 aliphatic heterocycles. The van der Waals surface area contributed by atoms with E-state index in [0.717, 1.165) is 12.1 Å². The number of amides is 1. The molecule has 8 heteroatoms. The van der Waals surface area contributed by atoms with E-state index >= 15 is 0 Å². The number of nitrogens with one attached hydrogen (secondary N) is 1. The molecule has 1 aromatic carbocycles. The molecular formula is C14H15F4NO3. The van der Waals surface area contributed by atoms with Crippen LogP contribution in [-0.4, -0.2) is 29.5 Å². The molecule has 0 aliphatic rings. The Balaban J connectivity index is 2.41. The predicted octanol–water partition coefficient (Wildman–Crippen LogP) is 2.51. The van der Waals surface area contributed by atoms with Gasteiger partial charge in [-0.25, -0.2) is 22.4 Å². The maximum absolute atomic E-state index is 13.0. The van der Waals surface area contributed by atoms with Crippen LogP contribution in [0.1, 0.15) is 24.8 Å². The second-order valence-corrected chi connectivity index (χ2v) is 4.69. The summed E-state index contributed by atoms with van der Waals surface area (Å²) in [5, 5.41) is 10.7. The van der Waals surface area contributed by atoms with Gasteiger partial charge in [0.25, 0.3) is 0 Å².